The Morgan fingerprint density at radius 2 is 1.93 bits per heavy atom. The zero-order valence-electron chi connectivity index (χ0n) is 14.8. The quantitative estimate of drug-likeness (QED) is 0.678. The summed E-state index contributed by atoms with van der Waals surface area (Å²) in [5.41, 5.74) is 9.77. The van der Waals surface area contributed by atoms with E-state index in [-0.39, 0.29) is 5.75 Å². The van der Waals surface area contributed by atoms with E-state index in [0.717, 1.165) is 16.6 Å². The zero-order chi connectivity index (χ0) is 19.6. The van der Waals surface area contributed by atoms with Gasteiger partial charge in [-0.1, -0.05) is 12.1 Å². The van der Waals surface area contributed by atoms with Crippen molar-refractivity contribution in [2.24, 2.45) is 0 Å². The Labute approximate surface area is 154 Å². The normalized spacial score (nSPS) is 11.0. The van der Waals surface area contributed by atoms with E-state index in [1.807, 2.05) is 23.6 Å². The molecule has 142 valence electrons. The molecule has 1 amide bonds. The largest absolute Gasteiger partial charge is 0.453 e. The summed E-state index contributed by atoms with van der Waals surface area (Å²) in [7, 11) is 1.29. The third-order valence-electron chi connectivity index (χ3n) is 4.21. The third-order valence-corrected chi connectivity index (χ3v) is 4.21. The van der Waals surface area contributed by atoms with Crippen LogP contribution in [0.5, 0.6) is 5.75 Å². The first-order chi connectivity index (χ1) is 12.9. The first-order valence-electron chi connectivity index (χ1n) is 8.26. The lowest BCUT2D eigenvalue weighted by atomic mass is 10.1. The summed E-state index contributed by atoms with van der Waals surface area (Å²) >= 11 is 0. The molecule has 3 aromatic rings. The molecule has 1 aromatic heterocycles. The second-order valence-electron chi connectivity index (χ2n) is 5.76. The van der Waals surface area contributed by atoms with Crippen LogP contribution in [0.4, 0.5) is 25.0 Å². The summed E-state index contributed by atoms with van der Waals surface area (Å²) in [5.74, 6) is 0.0777. The Hall–Kier alpha value is -3.29. The minimum Gasteiger partial charge on any atom is -0.453 e. The van der Waals surface area contributed by atoms with Gasteiger partial charge in [-0.15, -0.1) is 0 Å². The molecule has 0 aliphatic rings. The number of methoxy groups -OCH3 is 1. The number of benzene rings is 2. The van der Waals surface area contributed by atoms with Crippen molar-refractivity contribution in [1.82, 2.24) is 4.57 Å². The average molecular weight is 375 g/mol. The number of hydrogen-bond donors (Lipinski definition) is 2. The number of amides is 1. The van der Waals surface area contributed by atoms with E-state index < -0.39 is 12.7 Å². The lowest BCUT2D eigenvalue weighted by molar-refractivity contribution is -0.0497. The first kappa shape index (κ1) is 18.5. The standard InChI is InChI=1S/C19H19F2N3O3/c1-3-24-15-10-13(27-18(20)21)8-9-14(15)16(22)17(24)11-4-6-12(7-5-11)23-19(25)26-2/h4-10,18H,3,22H2,1-2H3,(H,23,25). The molecule has 0 unspecified atom stereocenters. The van der Waals surface area contributed by atoms with Crippen LogP contribution in [-0.2, 0) is 11.3 Å². The molecule has 27 heavy (non-hydrogen) atoms. The number of hydrogen-bond acceptors (Lipinski definition) is 4. The lowest BCUT2D eigenvalue weighted by Gasteiger charge is -2.11. The number of aromatic nitrogens is 1. The van der Waals surface area contributed by atoms with E-state index in [9.17, 15) is 13.6 Å². The molecule has 0 bridgehead atoms. The predicted molar refractivity (Wildman–Crippen MR) is 100 cm³/mol. The monoisotopic (exact) mass is 375 g/mol. The number of nitrogens with two attached hydrogens (primary N) is 1. The van der Waals surface area contributed by atoms with Gasteiger partial charge in [0.25, 0.3) is 0 Å². The highest BCUT2D eigenvalue weighted by Gasteiger charge is 2.17. The van der Waals surface area contributed by atoms with Gasteiger partial charge in [-0.3, -0.25) is 5.32 Å². The maximum absolute atomic E-state index is 12.5. The highest BCUT2D eigenvalue weighted by Crippen LogP contribution is 2.38. The summed E-state index contributed by atoms with van der Waals surface area (Å²) < 4.78 is 36.0. The van der Waals surface area contributed by atoms with Crippen molar-refractivity contribution in [3.05, 3.63) is 42.5 Å². The maximum Gasteiger partial charge on any atom is 0.411 e. The molecule has 0 saturated carbocycles. The number of nitrogen functional groups attached to an aromatic ring is 1. The van der Waals surface area contributed by atoms with Gasteiger partial charge in [-0.05, 0) is 31.2 Å². The number of carbonyl (C=O) groups is 1. The second-order valence-corrected chi connectivity index (χ2v) is 5.76. The number of nitrogens with zero attached hydrogens (tertiary/aromatic N) is 1. The molecule has 0 radical (unpaired) electrons. The van der Waals surface area contributed by atoms with Crippen molar-refractivity contribution in [3.63, 3.8) is 0 Å². The average Bonchev–Trinajstić information content (AvgIpc) is 2.93. The van der Waals surface area contributed by atoms with Crippen LogP contribution < -0.4 is 15.8 Å². The fourth-order valence-corrected chi connectivity index (χ4v) is 3.05. The van der Waals surface area contributed by atoms with Crippen molar-refractivity contribution < 1.29 is 23.0 Å². The van der Waals surface area contributed by atoms with E-state index in [0.29, 0.717) is 23.4 Å². The number of halogens is 2. The van der Waals surface area contributed by atoms with E-state index in [2.05, 4.69) is 14.8 Å². The number of aryl methyl sites for hydroxylation is 1. The fourth-order valence-electron chi connectivity index (χ4n) is 3.05. The lowest BCUT2D eigenvalue weighted by Crippen LogP contribution is -2.10. The van der Waals surface area contributed by atoms with Crippen molar-refractivity contribution >= 4 is 28.4 Å². The van der Waals surface area contributed by atoms with Crippen LogP contribution in [0.25, 0.3) is 22.2 Å². The van der Waals surface area contributed by atoms with Crippen molar-refractivity contribution in [3.8, 4) is 17.0 Å². The highest BCUT2D eigenvalue weighted by molar-refractivity contribution is 6.01. The molecule has 0 aliphatic carbocycles. The SMILES string of the molecule is CCn1c(-c2ccc(NC(=O)OC)cc2)c(N)c2ccc(OC(F)F)cc21. The number of fused-ring (bicyclic) bond motifs is 1. The minimum atomic E-state index is -2.89. The fraction of sp³-hybridized carbons (Fsp3) is 0.211. The van der Waals surface area contributed by atoms with Crippen molar-refractivity contribution in [2.45, 2.75) is 20.1 Å². The highest BCUT2D eigenvalue weighted by atomic mass is 19.3. The molecule has 0 aliphatic heterocycles. The summed E-state index contributed by atoms with van der Waals surface area (Å²) in [5, 5.41) is 3.33. The number of rotatable bonds is 5. The topological polar surface area (TPSA) is 78.5 Å². The molecule has 0 saturated heterocycles. The summed E-state index contributed by atoms with van der Waals surface area (Å²) in [6, 6.07) is 11.8. The van der Waals surface area contributed by atoms with E-state index in [1.165, 1.54) is 13.2 Å². The Bertz CT molecular complexity index is 968. The molecule has 0 spiro atoms. The van der Waals surface area contributed by atoms with Crippen LogP contribution in [0.3, 0.4) is 0 Å². The number of anilines is 2. The van der Waals surface area contributed by atoms with Crippen LogP contribution in [0.2, 0.25) is 0 Å². The van der Waals surface area contributed by atoms with Crippen LogP contribution in [0, 0.1) is 0 Å². The molecule has 6 nitrogen and oxygen atoms in total. The smallest absolute Gasteiger partial charge is 0.411 e. The number of nitrogens with one attached hydrogen (secondary N) is 1. The molecule has 8 heteroatoms. The first-order valence-corrected chi connectivity index (χ1v) is 8.26. The number of ether oxygens (including phenoxy) is 2. The molecular weight excluding hydrogens is 356 g/mol. The molecule has 1 heterocycles. The van der Waals surface area contributed by atoms with Crippen LogP contribution in [-0.4, -0.2) is 24.4 Å². The zero-order valence-corrected chi connectivity index (χ0v) is 14.8. The van der Waals surface area contributed by atoms with Gasteiger partial charge in [0.1, 0.15) is 5.75 Å². The Balaban J connectivity index is 2.05. The maximum atomic E-state index is 12.5. The third kappa shape index (κ3) is 3.64. The predicted octanol–water partition coefficient (Wildman–Crippen LogP) is 4.69. The van der Waals surface area contributed by atoms with Crippen LogP contribution >= 0.6 is 0 Å². The molecule has 3 N–H and O–H groups in total. The summed E-state index contributed by atoms with van der Waals surface area (Å²) in [4.78, 5) is 11.3. The Morgan fingerprint density at radius 1 is 1.22 bits per heavy atom. The molecule has 3 rings (SSSR count). The number of alkyl halides is 2. The van der Waals surface area contributed by atoms with Crippen LogP contribution in [0.1, 0.15) is 6.92 Å². The van der Waals surface area contributed by atoms with Gasteiger partial charge in [-0.25, -0.2) is 4.79 Å². The molecular formula is C19H19F2N3O3. The van der Waals surface area contributed by atoms with Gasteiger partial charge in [0.05, 0.1) is 24.0 Å². The van der Waals surface area contributed by atoms with Gasteiger partial charge in [0, 0.05) is 29.2 Å². The van der Waals surface area contributed by atoms with Gasteiger partial charge in [0.15, 0.2) is 0 Å². The van der Waals surface area contributed by atoms with Gasteiger partial charge in [-0.2, -0.15) is 8.78 Å². The Morgan fingerprint density at radius 3 is 2.52 bits per heavy atom. The van der Waals surface area contributed by atoms with E-state index >= 15 is 0 Å². The Kier molecular flexibility index (Phi) is 5.16. The van der Waals surface area contributed by atoms with Crippen molar-refractivity contribution in [2.75, 3.05) is 18.2 Å². The van der Waals surface area contributed by atoms with Crippen molar-refractivity contribution in [1.29, 1.82) is 0 Å². The summed E-state index contributed by atoms with van der Waals surface area (Å²) in [6.45, 7) is -0.362. The van der Waals surface area contributed by atoms with E-state index in [4.69, 9.17) is 5.73 Å². The second kappa shape index (κ2) is 7.53. The van der Waals surface area contributed by atoms with Gasteiger partial charge >= 0.3 is 12.7 Å². The molecule has 2 aromatic carbocycles. The molecule has 0 fully saturated rings. The van der Waals surface area contributed by atoms with Crippen LogP contribution in [0.15, 0.2) is 42.5 Å². The molecule has 0 atom stereocenters. The van der Waals surface area contributed by atoms with Gasteiger partial charge < -0.3 is 19.8 Å². The minimum absolute atomic E-state index is 0.0777. The van der Waals surface area contributed by atoms with Gasteiger partial charge in [0.2, 0.25) is 0 Å². The van der Waals surface area contributed by atoms with E-state index in [1.54, 1.807) is 24.3 Å². The summed E-state index contributed by atoms with van der Waals surface area (Å²) in [6.07, 6.45) is -0.559. The number of carbonyl (C=O) groups excluding carboxylic acids is 1.